The van der Waals surface area contributed by atoms with Crippen LogP contribution in [0.5, 0.6) is 0 Å². The first-order valence-electron chi connectivity index (χ1n) is 7.42. The van der Waals surface area contributed by atoms with E-state index in [1.54, 1.807) is 16.8 Å². The van der Waals surface area contributed by atoms with E-state index in [-0.39, 0.29) is 11.8 Å². The quantitative estimate of drug-likeness (QED) is 0.740. The highest BCUT2D eigenvalue weighted by Crippen LogP contribution is 2.44. The Balaban J connectivity index is 1.77. The number of aromatic nitrogens is 4. The van der Waals surface area contributed by atoms with E-state index in [0.717, 1.165) is 16.8 Å². The highest BCUT2D eigenvalue weighted by atomic mass is 35.5. The van der Waals surface area contributed by atoms with Crippen LogP contribution in [0.4, 0.5) is 5.95 Å². The van der Waals surface area contributed by atoms with Crippen molar-refractivity contribution >= 4 is 29.0 Å². The molecular formula is C17H10ClN5O. The molecule has 0 saturated heterocycles. The molecule has 0 amide bonds. The van der Waals surface area contributed by atoms with Crippen LogP contribution >= 0.6 is 11.6 Å². The van der Waals surface area contributed by atoms with Crippen LogP contribution in [0.3, 0.4) is 0 Å². The van der Waals surface area contributed by atoms with E-state index in [4.69, 9.17) is 11.6 Å². The molecule has 116 valence electrons. The normalized spacial score (nSPS) is 18.0. The lowest BCUT2D eigenvalue weighted by Crippen LogP contribution is -2.25. The van der Waals surface area contributed by atoms with Gasteiger partial charge in [-0.15, -0.1) is 0 Å². The van der Waals surface area contributed by atoms with Gasteiger partial charge in [-0.05, 0) is 28.1 Å². The van der Waals surface area contributed by atoms with Gasteiger partial charge < -0.3 is 5.32 Å². The van der Waals surface area contributed by atoms with Crippen molar-refractivity contribution in [1.82, 2.24) is 20.2 Å². The largest absolute Gasteiger partial charge is 0.322 e. The van der Waals surface area contributed by atoms with Crippen LogP contribution in [0.2, 0.25) is 5.02 Å². The number of nitrogens with one attached hydrogen (secondary N) is 1. The second-order valence-electron chi connectivity index (χ2n) is 5.69. The third-order valence-corrected chi connectivity index (χ3v) is 4.64. The zero-order chi connectivity index (χ0) is 16.3. The molecule has 7 heteroatoms. The van der Waals surface area contributed by atoms with Gasteiger partial charge in [0.15, 0.2) is 5.78 Å². The molecule has 0 fully saturated rings. The molecule has 1 aliphatic heterocycles. The molecule has 2 heterocycles. The molecule has 0 unspecified atom stereocenters. The number of Topliss-reactive ketones (excluding diaryl/α,β-unsaturated/α-hetero) is 1. The van der Waals surface area contributed by atoms with Gasteiger partial charge in [0.2, 0.25) is 5.95 Å². The van der Waals surface area contributed by atoms with Crippen LogP contribution in [0.1, 0.15) is 27.5 Å². The van der Waals surface area contributed by atoms with E-state index in [2.05, 4.69) is 20.8 Å². The molecule has 1 aliphatic carbocycles. The minimum atomic E-state index is -0.386. The molecule has 1 atom stereocenters. The molecule has 0 radical (unpaired) electrons. The van der Waals surface area contributed by atoms with Crippen LogP contribution in [-0.4, -0.2) is 26.0 Å². The molecule has 5 rings (SSSR count). The summed E-state index contributed by atoms with van der Waals surface area (Å²) in [6, 6.07) is 14.6. The Bertz CT molecular complexity index is 1020. The second kappa shape index (κ2) is 4.75. The van der Waals surface area contributed by atoms with Crippen LogP contribution in [0.25, 0.3) is 5.70 Å². The fourth-order valence-corrected chi connectivity index (χ4v) is 3.46. The number of tetrazole rings is 1. The Kier molecular flexibility index (Phi) is 2.66. The molecule has 2 aliphatic rings. The van der Waals surface area contributed by atoms with Crippen molar-refractivity contribution in [3.8, 4) is 0 Å². The Morgan fingerprint density at radius 3 is 2.58 bits per heavy atom. The molecule has 3 aromatic rings. The number of rotatable bonds is 1. The molecule has 24 heavy (non-hydrogen) atoms. The van der Waals surface area contributed by atoms with Gasteiger partial charge in [0, 0.05) is 16.1 Å². The predicted molar refractivity (Wildman–Crippen MR) is 88.7 cm³/mol. The maximum absolute atomic E-state index is 13.0. The Labute approximate surface area is 141 Å². The predicted octanol–water partition coefficient (Wildman–Crippen LogP) is 2.95. The third-order valence-electron chi connectivity index (χ3n) is 4.39. The highest BCUT2D eigenvalue weighted by Gasteiger charge is 2.41. The minimum Gasteiger partial charge on any atom is -0.322 e. The van der Waals surface area contributed by atoms with Crippen molar-refractivity contribution < 1.29 is 4.79 Å². The van der Waals surface area contributed by atoms with E-state index >= 15 is 0 Å². The first-order chi connectivity index (χ1) is 11.7. The lowest BCUT2D eigenvalue weighted by molar-refractivity contribution is 0.102. The minimum absolute atomic E-state index is 0.00537. The number of nitrogens with zero attached hydrogens (tertiary/aromatic N) is 4. The summed E-state index contributed by atoms with van der Waals surface area (Å²) in [5.74, 6) is 0.507. The molecule has 0 spiro atoms. The zero-order valence-corrected chi connectivity index (χ0v) is 13.0. The number of benzene rings is 2. The number of fused-ring (bicyclic) bond motifs is 3. The monoisotopic (exact) mass is 335 g/mol. The molecule has 0 bridgehead atoms. The summed E-state index contributed by atoms with van der Waals surface area (Å²) in [4.78, 5) is 13.0. The maximum Gasteiger partial charge on any atom is 0.248 e. The van der Waals surface area contributed by atoms with Crippen molar-refractivity contribution in [2.24, 2.45) is 0 Å². The number of hydrogen-bond donors (Lipinski definition) is 1. The van der Waals surface area contributed by atoms with Crippen LogP contribution in [-0.2, 0) is 0 Å². The van der Waals surface area contributed by atoms with E-state index in [9.17, 15) is 4.79 Å². The van der Waals surface area contributed by atoms with Gasteiger partial charge in [-0.1, -0.05) is 53.1 Å². The van der Waals surface area contributed by atoms with E-state index in [0.29, 0.717) is 22.1 Å². The van der Waals surface area contributed by atoms with E-state index < -0.39 is 0 Å². The van der Waals surface area contributed by atoms with Crippen molar-refractivity contribution in [3.05, 3.63) is 75.8 Å². The van der Waals surface area contributed by atoms with Gasteiger partial charge >= 0.3 is 0 Å². The topological polar surface area (TPSA) is 72.7 Å². The number of carbonyl (C=O) groups is 1. The van der Waals surface area contributed by atoms with Gasteiger partial charge in [0.05, 0.1) is 11.3 Å². The van der Waals surface area contributed by atoms with E-state index in [1.165, 1.54) is 0 Å². The van der Waals surface area contributed by atoms with Crippen LogP contribution < -0.4 is 5.32 Å². The summed E-state index contributed by atoms with van der Waals surface area (Å²) in [6.07, 6.45) is 0. The number of anilines is 1. The fraction of sp³-hybridized carbons (Fsp3) is 0.0588. The first kappa shape index (κ1) is 13.4. The summed E-state index contributed by atoms with van der Waals surface area (Å²) in [5, 5.41) is 15.7. The zero-order valence-electron chi connectivity index (χ0n) is 12.3. The molecule has 0 saturated carbocycles. The van der Waals surface area contributed by atoms with Gasteiger partial charge in [-0.2, -0.15) is 4.68 Å². The van der Waals surface area contributed by atoms with Crippen molar-refractivity contribution in [2.75, 3.05) is 5.32 Å². The average Bonchev–Trinajstić information content (AvgIpc) is 3.18. The standard InChI is InChI=1S/C17H10ClN5O/c18-10-7-5-9(6-8-10)15-13-14(19-17-20-21-22-23(15)17)11-3-1-2-4-12(11)16(13)24/h1-8,15H,(H,19,20,22)/t15-/m0/s1. The molecule has 2 aromatic carbocycles. The van der Waals surface area contributed by atoms with Crippen molar-refractivity contribution in [1.29, 1.82) is 0 Å². The number of halogens is 1. The van der Waals surface area contributed by atoms with Gasteiger partial charge in [0.1, 0.15) is 6.04 Å². The van der Waals surface area contributed by atoms with E-state index in [1.807, 2.05) is 36.4 Å². The second-order valence-corrected chi connectivity index (χ2v) is 6.13. The summed E-state index contributed by atoms with van der Waals surface area (Å²) in [5.41, 5.74) is 3.90. The van der Waals surface area contributed by atoms with Gasteiger partial charge in [0.25, 0.3) is 0 Å². The Morgan fingerprint density at radius 2 is 1.79 bits per heavy atom. The first-order valence-corrected chi connectivity index (χ1v) is 7.80. The van der Waals surface area contributed by atoms with Crippen LogP contribution in [0, 0.1) is 0 Å². The summed E-state index contributed by atoms with van der Waals surface area (Å²) < 4.78 is 1.63. The maximum atomic E-state index is 13.0. The lowest BCUT2D eigenvalue weighted by atomic mass is 9.94. The Hall–Kier alpha value is -2.99. The highest BCUT2D eigenvalue weighted by molar-refractivity contribution is 6.30. The Morgan fingerprint density at radius 1 is 1.04 bits per heavy atom. The number of carbonyl (C=O) groups excluding carboxylic acids is 1. The van der Waals surface area contributed by atoms with Gasteiger partial charge in [-0.3, -0.25) is 4.79 Å². The molecule has 1 N–H and O–H groups in total. The third kappa shape index (κ3) is 1.71. The van der Waals surface area contributed by atoms with Crippen molar-refractivity contribution in [3.63, 3.8) is 0 Å². The van der Waals surface area contributed by atoms with Crippen LogP contribution in [0.15, 0.2) is 54.1 Å². The summed E-state index contributed by atoms with van der Waals surface area (Å²) in [7, 11) is 0. The van der Waals surface area contributed by atoms with Crippen molar-refractivity contribution in [2.45, 2.75) is 6.04 Å². The number of ketones is 1. The molecular weight excluding hydrogens is 326 g/mol. The SMILES string of the molecule is O=C1C2=C(Nc3nnnn3[C@H]2c2ccc(Cl)cc2)c2ccccc21. The number of hydrogen-bond acceptors (Lipinski definition) is 5. The molecule has 6 nitrogen and oxygen atoms in total. The number of allylic oxidation sites excluding steroid dienone is 1. The lowest BCUT2D eigenvalue weighted by Gasteiger charge is -2.25. The fourth-order valence-electron chi connectivity index (χ4n) is 3.34. The summed E-state index contributed by atoms with van der Waals surface area (Å²) in [6.45, 7) is 0. The van der Waals surface area contributed by atoms with Gasteiger partial charge in [-0.25, -0.2) is 0 Å². The molecule has 1 aromatic heterocycles. The smallest absolute Gasteiger partial charge is 0.248 e. The average molecular weight is 336 g/mol. The summed E-state index contributed by atoms with van der Waals surface area (Å²) >= 11 is 6.00.